The van der Waals surface area contributed by atoms with Crippen LogP contribution in [-0.2, 0) is 0 Å². The lowest BCUT2D eigenvalue weighted by Crippen LogP contribution is -2.43. The summed E-state index contributed by atoms with van der Waals surface area (Å²) in [5.74, 6) is -0.250. The first kappa shape index (κ1) is 14.0. The summed E-state index contributed by atoms with van der Waals surface area (Å²) in [6, 6.07) is 3.01. The number of carbonyl (C=O) groups is 1. The zero-order chi connectivity index (χ0) is 14.2. The number of anilines is 1. The van der Waals surface area contributed by atoms with E-state index in [1.807, 2.05) is 11.8 Å². The van der Waals surface area contributed by atoms with Gasteiger partial charge in [-0.25, -0.2) is 4.39 Å². The van der Waals surface area contributed by atoms with Gasteiger partial charge in [-0.1, -0.05) is 6.92 Å². The van der Waals surface area contributed by atoms with Gasteiger partial charge in [0.05, 0.1) is 6.10 Å². The molecule has 0 aromatic heterocycles. The first-order chi connectivity index (χ1) is 8.90. The van der Waals surface area contributed by atoms with Crippen LogP contribution in [0.2, 0.25) is 0 Å². The normalized spacial score (nSPS) is 23.5. The van der Waals surface area contributed by atoms with Crippen molar-refractivity contribution in [3.05, 3.63) is 29.1 Å². The summed E-state index contributed by atoms with van der Waals surface area (Å²) in [6.45, 7) is 6.42. The van der Waals surface area contributed by atoms with Crippen LogP contribution in [0, 0.1) is 18.7 Å². The van der Waals surface area contributed by atoms with Crippen molar-refractivity contribution < 1.29 is 14.3 Å². The number of ketones is 1. The Labute approximate surface area is 113 Å². The van der Waals surface area contributed by atoms with Gasteiger partial charge in [0.25, 0.3) is 0 Å². The molecule has 0 saturated carbocycles. The maximum atomic E-state index is 13.6. The van der Waals surface area contributed by atoms with E-state index in [0.29, 0.717) is 17.7 Å². The minimum atomic E-state index is -0.404. The summed E-state index contributed by atoms with van der Waals surface area (Å²) >= 11 is 0. The fraction of sp³-hybridized carbons (Fsp3) is 0.533. The van der Waals surface area contributed by atoms with Crippen molar-refractivity contribution >= 4 is 11.5 Å². The lowest BCUT2D eigenvalue weighted by Gasteiger charge is -2.36. The van der Waals surface area contributed by atoms with Crippen molar-refractivity contribution in [3.63, 3.8) is 0 Å². The highest BCUT2D eigenvalue weighted by atomic mass is 19.1. The molecule has 2 atom stereocenters. The summed E-state index contributed by atoms with van der Waals surface area (Å²) in [5, 5.41) is 9.96. The summed E-state index contributed by atoms with van der Waals surface area (Å²) < 4.78 is 13.6. The first-order valence-electron chi connectivity index (χ1n) is 6.64. The highest BCUT2D eigenvalue weighted by Gasteiger charge is 2.26. The Kier molecular flexibility index (Phi) is 3.90. The number of piperidine rings is 1. The van der Waals surface area contributed by atoms with Crippen LogP contribution in [0.15, 0.2) is 12.1 Å². The molecule has 0 amide bonds. The molecular weight excluding hydrogens is 245 g/mol. The van der Waals surface area contributed by atoms with Crippen LogP contribution in [0.25, 0.3) is 0 Å². The maximum absolute atomic E-state index is 13.6. The highest BCUT2D eigenvalue weighted by Crippen LogP contribution is 2.29. The molecular formula is C15H20FNO2. The number of aliphatic hydroxyl groups excluding tert-OH is 1. The van der Waals surface area contributed by atoms with Crippen LogP contribution in [-0.4, -0.2) is 30.1 Å². The Hall–Kier alpha value is -1.42. The summed E-state index contributed by atoms with van der Waals surface area (Å²) in [5.41, 5.74) is 1.65. The van der Waals surface area contributed by atoms with Crippen LogP contribution in [0.1, 0.15) is 36.2 Å². The van der Waals surface area contributed by atoms with Crippen molar-refractivity contribution in [1.82, 2.24) is 0 Å². The Balaban J connectivity index is 2.38. The SMILES string of the molecule is CC(=O)c1cc(F)c(C)cc1N1CCC(C)C(O)C1. The van der Waals surface area contributed by atoms with Gasteiger partial charge in [-0.05, 0) is 43.9 Å². The lowest BCUT2D eigenvalue weighted by atomic mass is 9.94. The molecule has 1 saturated heterocycles. The van der Waals surface area contributed by atoms with Gasteiger partial charge in [0.1, 0.15) is 5.82 Å². The van der Waals surface area contributed by atoms with E-state index in [9.17, 15) is 14.3 Å². The van der Waals surface area contributed by atoms with E-state index in [4.69, 9.17) is 0 Å². The van der Waals surface area contributed by atoms with Crippen LogP contribution in [0.4, 0.5) is 10.1 Å². The number of benzene rings is 1. The van der Waals surface area contributed by atoms with Crippen LogP contribution >= 0.6 is 0 Å². The van der Waals surface area contributed by atoms with E-state index in [1.54, 1.807) is 13.0 Å². The predicted octanol–water partition coefficient (Wildman–Crippen LogP) is 2.54. The highest BCUT2D eigenvalue weighted by molar-refractivity contribution is 6.00. The minimum Gasteiger partial charge on any atom is -0.391 e. The number of hydrogen-bond acceptors (Lipinski definition) is 3. The molecule has 1 aliphatic heterocycles. The van der Waals surface area contributed by atoms with Crippen molar-refractivity contribution in [2.75, 3.05) is 18.0 Å². The molecule has 0 aliphatic carbocycles. The molecule has 104 valence electrons. The molecule has 2 rings (SSSR count). The molecule has 1 heterocycles. The summed E-state index contributed by atoms with van der Waals surface area (Å²) in [7, 11) is 0. The van der Waals surface area contributed by atoms with Gasteiger partial charge in [0, 0.05) is 24.3 Å². The molecule has 4 heteroatoms. The average Bonchev–Trinajstić information content (AvgIpc) is 2.35. The van der Waals surface area contributed by atoms with Gasteiger partial charge >= 0.3 is 0 Å². The van der Waals surface area contributed by atoms with E-state index in [0.717, 1.165) is 18.7 Å². The van der Waals surface area contributed by atoms with Crippen LogP contribution in [0.3, 0.4) is 0 Å². The molecule has 1 aromatic rings. The van der Waals surface area contributed by atoms with E-state index in [2.05, 4.69) is 0 Å². The number of carbonyl (C=O) groups excluding carboxylic acids is 1. The molecule has 19 heavy (non-hydrogen) atoms. The second-order valence-corrected chi connectivity index (χ2v) is 5.45. The molecule has 1 aliphatic rings. The minimum absolute atomic E-state index is 0.151. The predicted molar refractivity (Wildman–Crippen MR) is 73.1 cm³/mol. The smallest absolute Gasteiger partial charge is 0.161 e. The number of rotatable bonds is 2. The summed E-state index contributed by atoms with van der Waals surface area (Å²) in [4.78, 5) is 13.6. The van der Waals surface area contributed by atoms with Gasteiger partial charge in [-0.3, -0.25) is 4.79 Å². The molecule has 1 fully saturated rings. The standard InChI is InChI=1S/C15H20FNO2/c1-9-4-5-17(8-15(9)19)14-6-10(2)13(16)7-12(14)11(3)18/h6-7,9,15,19H,4-5,8H2,1-3H3. The number of halogens is 1. The number of aliphatic hydroxyl groups is 1. The monoisotopic (exact) mass is 265 g/mol. The second-order valence-electron chi connectivity index (χ2n) is 5.45. The zero-order valence-corrected chi connectivity index (χ0v) is 11.6. The van der Waals surface area contributed by atoms with Gasteiger partial charge in [0.15, 0.2) is 5.78 Å². The molecule has 0 bridgehead atoms. The quantitative estimate of drug-likeness (QED) is 0.835. The molecule has 0 spiro atoms. The van der Waals surface area contributed by atoms with Crippen LogP contribution in [0.5, 0.6) is 0 Å². The van der Waals surface area contributed by atoms with Gasteiger partial charge in [-0.15, -0.1) is 0 Å². The van der Waals surface area contributed by atoms with Gasteiger partial charge in [-0.2, -0.15) is 0 Å². The average molecular weight is 265 g/mol. The van der Waals surface area contributed by atoms with Crippen molar-refractivity contribution in [2.45, 2.75) is 33.3 Å². The van der Waals surface area contributed by atoms with Crippen molar-refractivity contribution in [3.8, 4) is 0 Å². The van der Waals surface area contributed by atoms with Gasteiger partial charge in [0.2, 0.25) is 0 Å². The van der Waals surface area contributed by atoms with Crippen molar-refractivity contribution in [2.24, 2.45) is 5.92 Å². The Morgan fingerprint density at radius 2 is 2.16 bits per heavy atom. The van der Waals surface area contributed by atoms with E-state index in [-0.39, 0.29) is 17.5 Å². The third-order valence-corrected chi connectivity index (χ3v) is 3.92. The number of nitrogens with zero attached hydrogens (tertiary/aromatic N) is 1. The van der Waals surface area contributed by atoms with E-state index in [1.165, 1.54) is 13.0 Å². The van der Waals surface area contributed by atoms with E-state index < -0.39 is 6.10 Å². The second kappa shape index (κ2) is 5.29. The molecule has 1 aromatic carbocycles. The third kappa shape index (κ3) is 2.78. The zero-order valence-electron chi connectivity index (χ0n) is 11.6. The Morgan fingerprint density at radius 1 is 1.47 bits per heavy atom. The molecule has 1 N–H and O–H groups in total. The topological polar surface area (TPSA) is 40.5 Å². The molecule has 3 nitrogen and oxygen atoms in total. The Morgan fingerprint density at radius 3 is 2.74 bits per heavy atom. The fourth-order valence-electron chi connectivity index (χ4n) is 2.48. The first-order valence-corrected chi connectivity index (χ1v) is 6.64. The number of Topliss-reactive ketones (excluding diaryl/α,β-unsaturated/α-hetero) is 1. The fourth-order valence-corrected chi connectivity index (χ4v) is 2.48. The number of hydrogen-bond donors (Lipinski definition) is 1. The van der Waals surface area contributed by atoms with Crippen molar-refractivity contribution in [1.29, 1.82) is 0 Å². The third-order valence-electron chi connectivity index (χ3n) is 3.92. The lowest BCUT2D eigenvalue weighted by molar-refractivity contribution is 0.0996. The number of β-amino-alcohol motifs (C(OH)–C–C–N with tert-alkyl or cyclic N) is 1. The molecule has 0 radical (unpaired) electrons. The van der Waals surface area contributed by atoms with Gasteiger partial charge < -0.3 is 10.0 Å². The van der Waals surface area contributed by atoms with Crippen LogP contribution < -0.4 is 4.90 Å². The number of aryl methyl sites for hydroxylation is 1. The largest absolute Gasteiger partial charge is 0.391 e. The summed E-state index contributed by atoms with van der Waals surface area (Å²) in [6.07, 6.45) is 0.466. The Bertz CT molecular complexity index is 501. The maximum Gasteiger partial charge on any atom is 0.161 e. The van der Waals surface area contributed by atoms with E-state index >= 15 is 0 Å². The molecule has 2 unspecified atom stereocenters.